The molecule has 0 radical (unpaired) electrons. The zero-order chi connectivity index (χ0) is 14.0. The lowest BCUT2D eigenvalue weighted by molar-refractivity contribution is -0.137. The Bertz CT molecular complexity index is 565. The number of aliphatic hydroxyl groups excluding tert-OH is 1. The van der Waals surface area contributed by atoms with Gasteiger partial charge < -0.3 is 5.11 Å². The lowest BCUT2D eigenvalue weighted by atomic mass is 10.0. The van der Waals surface area contributed by atoms with Gasteiger partial charge >= 0.3 is 6.18 Å². The van der Waals surface area contributed by atoms with E-state index in [1.807, 2.05) is 11.4 Å². The summed E-state index contributed by atoms with van der Waals surface area (Å²) in [6.45, 7) is 0. The molecular weight excluding hydrogens is 388 g/mol. The van der Waals surface area contributed by atoms with E-state index in [0.717, 1.165) is 20.6 Å². The minimum absolute atomic E-state index is 0.177. The van der Waals surface area contributed by atoms with E-state index in [0.29, 0.717) is 5.56 Å². The first-order chi connectivity index (χ1) is 8.86. The van der Waals surface area contributed by atoms with Crippen molar-refractivity contribution in [3.05, 3.63) is 55.3 Å². The molecule has 0 bridgehead atoms. The van der Waals surface area contributed by atoms with Gasteiger partial charge in [0.25, 0.3) is 0 Å². The van der Waals surface area contributed by atoms with Crippen LogP contribution in [0.1, 0.15) is 22.8 Å². The second-order valence-corrected chi connectivity index (χ2v) is 6.91. The molecule has 0 spiro atoms. The molecule has 1 unspecified atom stereocenters. The van der Waals surface area contributed by atoms with Gasteiger partial charge in [-0.3, -0.25) is 0 Å². The highest BCUT2D eigenvalue weighted by Crippen LogP contribution is 2.31. The third-order valence-electron chi connectivity index (χ3n) is 2.66. The van der Waals surface area contributed by atoms with Crippen molar-refractivity contribution >= 4 is 33.9 Å². The lowest BCUT2D eigenvalue weighted by Crippen LogP contribution is -2.07. The van der Waals surface area contributed by atoms with E-state index in [1.54, 1.807) is 6.07 Å². The Morgan fingerprint density at radius 2 is 2.00 bits per heavy atom. The van der Waals surface area contributed by atoms with Gasteiger partial charge in [0.05, 0.1) is 14.6 Å². The summed E-state index contributed by atoms with van der Waals surface area (Å²) in [5.74, 6) is 0. The fourth-order valence-corrected chi connectivity index (χ4v) is 3.13. The summed E-state index contributed by atoms with van der Waals surface area (Å²) in [6, 6.07) is 6.91. The van der Waals surface area contributed by atoms with Gasteiger partial charge in [-0.1, -0.05) is 18.2 Å². The number of rotatable bonds is 3. The van der Waals surface area contributed by atoms with Gasteiger partial charge in [0, 0.05) is 6.42 Å². The highest BCUT2D eigenvalue weighted by molar-refractivity contribution is 14.1. The predicted octanol–water partition coefficient (Wildman–Crippen LogP) is 4.65. The van der Waals surface area contributed by atoms with Gasteiger partial charge in [-0.2, -0.15) is 13.2 Å². The summed E-state index contributed by atoms with van der Waals surface area (Å²) in [5, 5.41) is 11.8. The Hall–Kier alpha value is -0.600. The molecule has 19 heavy (non-hydrogen) atoms. The molecule has 0 amide bonds. The molecule has 1 nitrogen and oxygen atoms in total. The van der Waals surface area contributed by atoms with E-state index in [-0.39, 0.29) is 6.42 Å². The van der Waals surface area contributed by atoms with Crippen LogP contribution in [0.2, 0.25) is 0 Å². The minimum Gasteiger partial charge on any atom is -0.388 e. The molecule has 1 heterocycles. The van der Waals surface area contributed by atoms with E-state index < -0.39 is 17.8 Å². The number of thiophene rings is 1. The highest BCUT2D eigenvalue weighted by atomic mass is 127. The molecule has 1 N–H and O–H groups in total. The zero-order valence-electron chi connectivity index (χ0n) is 9.62. The standard InChI is InChI=1S/C13H10F3IOS/c14-13(15,16)10-3-1-2-8(4-10)5-11(18)9-6-12(17)19-7-9/h1-4,6-7,11,18H,5H2. The van der Waals surface area contributed by atoms with Gasteiger partial charge in [0.1, 0.15) is 0 Å². The molecule has 0 aliphatic heterocycles. The number of alkyl halides is 3. The minimum atomic E-state index is -4.35. The molecule has 0 aliphatic carbocycles. The summed E-state index contributed by atoms with van der Waals surface area (Å²) in [6.07, 6.45) is -4.95. The van der Waals surface area contributed by atoms with Crippen LogP contribution in [0.15, 0.2) is 35.7 Å². The Morgan fingerprint density at radius 3 is 2.58 bits per heavy atom. The van der Waals surface area contributed by atoms with Crippen molar-refractivity contribution in [3.8, 4) is 0 Å². The van der Waals surface area contributed by atoms with Crippen molar-refractivity contribution in [1.82, 2.24) is 0 Å². The number of hydrogen-bond donors (Lipinski definition) is 1. The first-order valence-electron chi connectivity index (χ1n) is 5.44. The average molecular weight is 398 g/mol. The number of benzene rings is 1. The maximum atomic E-state index is 12.6. The van der Waals surface area contributed by atoms with Crippen molar-refractivity contribution < 1.29 is 18.3 Å². The SMILES string of the molecule is OC(Cc1cccc(C(F)(F)F)c1)c1csc(I)c1. The first-order valence-corrected chi connectivity index (χ1v) is 7.40. The summed E-state index contributed by atoms with van der Waals surface area (Å²) in [7, 11) is 0. The Kier molecular flexibility index (Phi) is 4.52. The smallest absolute Gasteiger partial charge is 0.388 e. The van der Waals surface area contributed by atoms with E-state index in [9.17, 15) is 18.3 Å². The third kappa shape index (κ3) is 3.93. The number of hydrogen-bond acceptors (Lipinski definition) is 2. The van der Waals surface area contributed by atoms with Crippen LogP contribution in [-0.4, -0.2) is 5.11 Å². The first kappa shape index (κ1) is 14.8. The number of halogens is 4. The fraction of sp³-hybridized carbons (Fsp3) is 0.231. The second kappa shape index (κ2) is 5.80. The van der Waals surface area contributed by atoms with Crippen molar-refractivity contribution in [2.45, 2.75) is 18.7 Å². The van der Waals surface area contributed by atoms with Crippen LogP contribution >= 0.6 is 33.9 Å². The molecule has 2 rings (SSSR count). The van der Waals surface area contributed by atoms with Crippen molar-refractivity contribution in [3.63, 3.8) is 0 Å². The summed E-state index contributed by atoms with van der Waals surface area (Å²) in [5.41, 5.74) is 0.535. The molecular formula is C13H10F3IOS. The topological polar surface area (TPSA) is 20.2 Å². The molecule has 0 aliphatic rings. The lowest BCUT2D eigenvalue weighted by Gasteiger charge is -2.11. The second-order valence-electron chi connectivity index (χ2n) is 4.10. The van der Waals surface area contributed by atoms with Gasteiger partial charge in [0.2, 0.25) is 0 Å². The van der Waals surface area contributed by atoms with Crippen LogP contribution in [0.25, 0.3) is 0 Å². The van der Waals surface area contributed by atoms with E-state index in [2.05, 4.69) is 22.6 Å². The van der Waals surface area contributed by atoms with Gasteiger partial charge in [0.15, 0.2) is 0 Å². The molecule has 2 aromatic rings. The fourth-order valence-electron chi connectivity index (χ4n) is 1.71. The van der Waals surface area contributed by atoms with Gasteiger partial charge in [-0.05, 0) is 51.2 Å². The maximum absolute atomic E-state index is 12.6. The van der Waals surface area contributed by atoms with Crippen LogP contribution in [-0.2, 0) is 12.6 Å². The van der Waals surface area contributed by atoms with Crippen LogP contribution in [0, 0.1) is 2.88 Å². The summed E-state index contributed by atoms with van der Waals surface area (Å²) < 4.78 is 38.7. The van der Waals surface area contributed by atoms with E-state index >= 15 is 0 Å². The monoisotopic (exact) mass is 398 g/mol. The van der Waals surface area contributed by atoms with Crippen molar-refractivity contribution in [1.29, 1.82) is 0 Å². The molecule has 0 fully saturated rings. The highest BCUT2D eigenvalue weighted by Gasteiger charge is 2.30. The molecule has 102 valence electrons. The van der Waals surface area contributed by atoms with Crippen LogP contribution in [0.3, 0.4) is 0 Å². The molecule has 1 aromatic heterocycles. The molecule has 1 atom stereocenters. The summed E-state index contributed by atoms with van der Waals surface area (Å²) in [4.78, 5) is 0. The van der Waals surface area contributed by atoms with Gasteiger partial charge in [-0.15, -0.1) is 11.3 Å². The zero-order valence-corrected chi connectivity index (χ0v) is 12.6. The van der Waals surface area contributed by atoms with Crippen LogP contribution < -0.4 is 0 Å². The van der Waals surface area contributed by atoms with Crippen molar-refractivity contribution in [2.24, 2.45) is 0 Å². The summed E-state index contributed by atoms with van der Waals surface area (Å²) >= 11 is 3.64. The molecule has 1 aromatic carbocycles. The predicted molar refractivity (Wildman–Crippen MR) is 77.1 cm³/mol. The van der Waals surface area contributed by atoms with Crippen LogP contribution in [0.4, 0.5) is 13.2 Å². The Balaban J connectivity index is 2.15. The van der Waals surface area contributed by atoms with E-state index in [1.165, 1.54) is 17.4 Å². The number of aliphatic hydroxyl groups is 1. The maximum Gasteiger partial charge on any atom is 0.416 e. The average Bonchev–Trinajstić information content (AvgIpc) is 2.75. The molecule has 0 saturated heterocycles. The van der Waals surface area contributed by atoms with Gasteiger partial charge in [-0.25, -0.2) is 0 Å². The van der Waals surface area contributed by atoms with Crippen molar-refractivity contribution in [2.75, 3.05) is 0 Å². The molecule has 6 heteroatoms. The molecule has 0 saturated carbocycles. The third-order valence-corrected chi connectivity index (χ3v) is 4.46. The Labute approximate surface area is 126 Å². The quantitative estimate of drug-likeness (QED) is 0.747. The van der Waals surface area contributed by atoms with E-state index in [4.69, 9.17) is 0 Å². The normalized spacial score (nSPS) is 13.5. The largest absolute Gasteiger partial charge is 0.416 e. The Morgan fingerprint density at radius 1 is 1.26 bits per heavy atom. The van der Waals surface area contributed by atoms with Crippen LogP contribution in [0.5, 0.6) is 0 Å².